The number of hydrogen-bond acceptors (Lipinski definition) is 5. The molecular formula is C18H19N5O. The minimum absolute atomic E-state index is 0.274. The van der Waals surface area contributed by atoms with Gasteiger partial charge in [0.25, 0.3) is 5.91 Å². The molecule has 1 heterocycles. The zero-order valence-electron chi connectivity index (χ0n) is 13.3. The van der Waals surface area contributed by atoms with Gasteiger partial charge in [-0.05, 0) is 37.1 Å². The van der Waals surface area contributed by atoms with Gasteiger partial charge in [-0.15, -0.1) is 0 Å². The molecule has 1 aliphatic rings. The van der Waals surface area contributed by atoms with Crippen molar-refractivity contribution in [3.05, 3.63) is 47.8 Å². The second-order valence-corrected chi connectivity index (χ2v) is 5.92. The number of carbonyl (C=O) groups is 1. The number of benzene rings is 1. The van der Waals surface area contributed by atoms with Gasteiger partial charge in [-0.25, -0.2) is 9.97 Å². The molecule has 0 bridgehead atoms. The first-order chi connectivity index (χ1) is 11.7. The number of anilines is 2. The van der Waals surface area contributed by atoms with E-state index in [2.05, 4.69) is 20.6 Å². The molecule has 1 aliphatic carbocycles. The summed E-state index contributed by atoms with van der Waals surface area (Å²) < 4.78 is 0. The molecular weight excluding hydrogens is 302 g/mol. The highest BCUT2D eigenvalue weighted by Crippen LogP contribution is 2.20. The molecule has 0 spiro atoms. The molecule has 1 amide bonds. The van der Waals surface area contributed by atoms with Crippen LogP contribution in [0.25, 0.3) is 0 Å². The van der Waals surface area contributed by atoms with Crippen molar-refractivity contribution in [1.82, 2.24) is 9.97 Å². The zero-order chi connectivity index (χ0) is 16.8. The fourth-order valence-electron chi connectivity index (χ4n) is 2.78. The summed E-state index contributed by atoms with van der Waals surface area (Å²) >= 11 is 0. The van der Waals surface area contributed by atoms with Gasteiger partial charge in [0, 0.05) is 24.1 Å². The summed E-state index contributed by atoms with van der Waals surface area (Å²) in [5.74, 6) is 0.292. The molecule has 2 N–H and O–H groups in total. The van der Waals surface area contributed by atoms with Crippen LogP contribution in [0.15, 0.2) is 36.7 Å². The van der Waals surface area contributed by atoms with Gasteiger partial charge >= 0.3 is 0 Å². The largest absolute Gasteiger partial charge is 0.351 e. The lowest BCUT2D eigenvalue weighted by Gasteiger charge is -2.22. The number of nitriles is 1. The van der Waals surface area contributed by atoms with Crippen LogP contribution in [0.1, 0.15) is 48.0 Å². The van der Waals surface area contributed by atoms with Crippen LogP contribution in [-0.4, -0.2) is 21.9 Å². The van der Waals surface area contributed by atoms with Gasteiger partial charge in [0.2, 0.25) is 5.95 Å². The highest BCUT2D eigenvalue weighted by Gasteiger charge is 2.14. The number of nitrogens with one attached hydrogen (secondary N) is 2. The first kappa shape index (κ1) is 15.9. The molecule has 6 heteroatoms. The minimum atomic E-state index is -0.274. The Balaban J connectivity index is 1.59. The summed E-state index contributed by atoms with van der Waals surface area (Å²) in [5.41, 5.74) is 1.58. The Bertz CT molecular complexity index is 727. The van der Waals surface area contributed by atoms with E-state index in [4.69, 9.17) is 5.26 Å². The molecule has 1 fully saturated rings. The fourth-order valence-corrected chi connectivity index (χ4v) is 2.78. The predicted molar refractivity (Wildman–Crippen MR) is 91.6 cm³/mol. The Morgan fingerprint density at radius 3 is 2.38 bits per heavy atom. The third-order valence-corrected chi connectivity index (χ3v) is 4.12. The third kappa shape index (κ3) is 4.07. The van der Waals surface area contributed by atoms with E-state index >= 15 is 0 Å². The highest BCUT2D eigenvalue weighted by atomic mass is 16.1. The van der Waals surface area contributed by atoms with E-state index in [9.17, 15) is 4.79 Å². The van der Waals surface area contributed by atoms with E-state index in [-0.39, 0.29) is 5.91 Å². The van der Waals surface area contributed by atoms with Crippen LogP contribution in [0.3, 0.4) is 0 Å². The van der Waals surface area contributed by atoms with Crippen LogP contribution in [0, 0.1) is 11.3 Å². The summed E-state index contributed by atoms with van der Waals surface area (Å²) in [6.45, 7) is 0. The quantitative estimate of drug-likeness (QED) is 0.901. The molecule has 122 valence electrons. The Morgan fingerprint density at radius 1 is 1.08 bits per heavy atom. The van der Waals surface area contributed by atoms with E-state index in [1.807, 2.05) is 6.07 Å². The lowest BCUT2D eigenvalue weighted by atomic mass is 9.96. The van der Waals surface area contributed by atoms with E-state index in [0.29, 0.717) is 28.8 Å². The predicted octanol–water partition coefficient (Wildman–Crippen LogP) is 3.35. The standard InChI is InChI=1S/C18H19N5O/c19-10-13-6-8-16(9-7-13)22-17(24)14-11-20-18(21-12-14)23-15-4-2-1-3-5-15/h6-9,11-12,15H,1-5H2,(H,22,24)(H,20,21,23). The van der Waals surface area contributed by atoms with Crippen molar-refractivity contribution < 1.29 is 4.79 Å². The van der Waals surface area contributed by atoms with Gasteiger partial charge in [-0.1, -0.05) is 19.3 Å². The van der Waals surface area contributed by atoms with Crippen molar-refractivity contribution in [2.45, 2.75) is 38.1 Å². The molecule has 0 atom stereocenters. The maximum absolute atomic E-state index is 12.2. The van der Waals surface area contributed by atoms with Crippen LogP contribution in [0.5, 0.6) is 0 Å². The van der Waals surface area contributed by atoms with E-state index in [1.54, 1.807) is 24.3 Å². The lowest BCUT2D eigenvalue weighted by Crippen LogP contribution is -2.23. The topological polar surface area (TPSA) is 90.7 Å². The van der Waals surface area contributed by atoms with Crippen molar-refractivity contribution >= 4 is 17.5 Å². The normalized spacial score (nSPS) is 14.6. The van der Waals surface area contributed by atoms with Crippen molar-refractivity contribution in [2.75, 3.05) is 10.6 Å². The molecule has 6 nitrogen and oxygen atoms in total. The average Bonchev–Trinajstić information content (AvgIpc) is 2.64. The summed E-state index contributed by atoms with van der Waals surface area (Å²) in [5, 5.41) is 14.9. The van der Waals surface area contributed by atoms with Crippen LogP contribution >= 0.6 is 0 Å². The Hall–Kier alpha value is -2.94. The molecule has 0 unspecified atom stereocenters. The van der Waals surface area contributed by atoms with Gasteiger partial charge < -0.3 is 10.6 Å². The Labute approximate surface area is 140 Å². The lowest BCUT2D eigenvalue weighted by molar-refractivity contribution is 0.102. The molecule has 1 saturated carbocycles. The summed E-state index contributed by atoms with van der Waals surface area (Å²) in [6, 6.07) is 9.16. The molecule has 1 aromatic carbocycles. The van der Waals surface area contributed by atoms with E-state index in [0.717, 1.165) is 12.8 Å². The molecule has 1 aromatic heterocycles. The number of aromatic nitrogens is 2. The number of hydrogen-bond donors (Lipinski definition) is 2. The molecule has 0 saturated heterocycles. The highest BCUT2D eigenvalue weighted by molar-refractivity contribution is 6.03. The van der Waals surface area contributed by atoms with Crippen molar-refractivity contribution in [2.24, 2.45) is 0 Å². The Kier molecular flexibility index (Phi) is 5.02. The molecule has 24 heavy (non-hydrogen) atoms. The third-order valence-electron chi connectivity index (χ3n) is 4.12. The average molecular weight is 321 g/mol. The van der Waals surface area contributed by atoms with Gasteiger partial charge in [0.15, 0.2) is 0 Å². The van der Waals surface area contributed by atoms with Crippen LogP contribution < -0.4 is 10.6 Å². The monoisotopic (exact) mass is 321 g/mol. The van der Waals surface area contributed by atoms with E-state index < -0.39 is 0 Å². The van der Waals surface area contributed by atoms with Crippen LogP contribution in [0.2, 0.25) is 0 Å². The summed E-state index contributed by atoms with van der Waals surface area (Å²) in [6.07, 6.45) is 9.11. The van der Waals surface area contributed by atoms with Crippen LogP contribution in [-0.2, 0) is 0 Å². The van der Waals surface area contributed by atoms with Gasteiger partial charge in [0.1, 0.15) is 0 Å². The Morgan fingerprint density at radius 2 is 1.75 bits per heavy atom. The molecule has 0 radical (unpaired) electrons. The minimum Gasteiger partial charge on any atom is -0.351 e. The number of rotatable bonds is 4. The maximum atomic E-state index is 12.2. The second kappa shape index (κ2) is 7.55. The van der Waals surface area contributed by atoms with E-state index in [1.165, 1.54) is 31.7 Å². The second-order valence-electron chi connectivity index (χ2n) is 5.92. The van der Waals surface area contributed by atoms with Gasteiger partial charge in [-0.3, -0.25) is 4.79 Å². The van der Waals surface area contributed by atoms with Gasteiger partial charge in [-0.2, -0.15) is 5.26 Å². The zero-order valence-corrected chi connectivity index (χ0v) is 13.3. The molecule has 0 aliphatic heterocycles. The van der Waals surface area contributed by atoms with Crippen LogP contribution in [0.4, 0.5) is 11.6 Å². The van der Waals surface area contributed by atoms with Crippen molar-refractivity contribution in [3.63, 3.8) is 0 Å². The van der Waals surface area contributed by atoms with Gasteiger partial charge in [0.05, 0.1) is 17.2 Å². The molecule has 3 rings (SSSR count). The number of carbonyl (C=O) groups excluding carboxylic acids is 1. The van der Waals surface area contributed by atoms with Crippen molar-refractivity contribution in [1.29, 1.82) is 5.26 Å². The smallest absolute Gasteiger partial charge is 0.258 e. The number of nitrogens with zero attached hydrogens (tertiary/aromatic N) is 3. The molecule has 2 aromatic rings. The van der Waals surface area contributed by atoms with Crippen molar-refractivity contribution in [3.8, 4) is 6.07 Å². The first-order valence-electron chi connectivity index (χ1n) is 8.15. The number of amides is 1. The first-order valence-corrected chi connectivity index (χ1v) is 8.15. The summed E-state index contributed by atoms with van der Waals surface area (Å²) in [4.78, 5) is 20.7. The fraction of sp³-hybridized carbons (Fsp3) is 0.333. The summed E-state index contributed by atoms with van der Waals surface area (Å²) in [7, 11) is 0. The maximum Gasteiger partial charge on any atom is 0.258 e. The SMILES string of the molecule is N#Cc1ccc(NC(=O)c2cnc(NC3CCCCC3)nc2)cc1.